The number of piperidine rings is 1. The summed E-state index contributed by atoms with van der Waals surface area (Å²) in [7, 11) is 0. The van der Waals surface area contributed by atoms with E-state index in [1.54, 1.807) is 4.90 Å². The minimum atomic E-state index is -0.563. The zero-order valence-corrected chi connectivity index (χ0v) is 16.1. The van der Waals surface area contributed by atoms with Gasteiger partial charge in [0, 0.05) is 18.2 Å². The standard InChI is InChI=1S/C22H20F2N2O4/c23-15-3-7-18-13(9-15)1-5-17-6-2-14(11-26(17)21(18)28)22(29)30-12-20(27)19-8-4-16(24)10-25-19/h3-4,7-10,14,17H,1-2,5-6,11-12H2. The van der Waals surface area contributed by atoms with E-state index in [2.05, 4.69) is 4.98 Å². The van der Waals surface area contributed by atoms with Crippen molar-refractivity contribution >= 4 is 17.7 Å². The van der Waals surface area contributed by atoms with Gasteiger partial charge in [-0.25, -0.2) is 13.8 Å². The molecule has 30 heavy (non-hydrogen) atoms. The normalized spacial score (nSPS) is 20.7. The molecule has 1 aromatic heterocycles. The molecule has 2 aliphatic heterocycles. The first-order chi connectivity index (χ1) is 14.4. The predicted octanol–water partition coefficient (Wildman–Crippen LogP) is 2.95. The summed E-state index contributed by atoms with van der Waals surface area (Å²) in [6.07, 6.45) is 3.41. The second-order valence-electron chi connectivity index (χ2n) is 7.62. The number of carbonyl (C=O) groups excluding carboxylic acids is 3. The van der Waals surface area contributed by atoms with E-state index in [0.29, 0.717) is 36.8 Å². The number of aryl methyl sites for hydroxylation is 1. The van der Waals surface area contributed by atoms with Crippen LogP contribution in [0.15, 0.2) is 36.5 Å². The molecule has 2 unspecified atom stereocenters. The number of carbonyl (C=O) groups is 3. The number of hydrogen-bond acceptors (Lipinski definition) is 5. The summed E-state index contributed by atoms with van der Waals surface area (Å²) in [5, 5.41) is 0. The fraction of sp³-hybridized carbons (Fsp3) is 0.364. The van der Waals surface area contributed by atoms with Crippen LogP contribution in [-0.4, -0.2) is 46.7 Å². The third-order valence-electron chi connectivity index (χ3n) is 5.70. The van der Waals surface area contributed by atoms with E-state index in [0.717, 1.165) is 12.3 Å². The molecule has 1 amide bonds. The summed E-state index contributed by atoms with van der Waals surface area (Å²) in [6, 6.07) is 6.48. The minimum absolute atomic E-state index is 0.0120. The van der Waals surface area contributed by atoms with Crippen molar-refractivity contribution in [3.63, 3.8) is 0 Å². The van der Waals surface area contributed by atoms with Crippen LogP contribution in [0.25, 0.3) is 0 Å². The van der Waals surface area contributed by atoms with Crippen molar-refractivity contribution in [2.45, 2.75) is 31.7 Å². The van der Waals surface area contributed by atoms with E-state index < -0.39 is 30.1 Å². The zero-order valence-electron chi connectivity index (χ0n) is 16.1. The van der Waals surface area contributed by atoms with Gasteiger partial charge in [0.1, 0.15) is 17.3 Å². The minimum Gasteiger partial charge on any atom is -0.457 e. The van der Waals surface area contributed by atoms with Crippen LogP contribution in [0.1, 0.15) is 45.7 Å². The van der Waals surface area contributed by atoms with Gasteiger partial charge in [0.15, 0.2) is 6.61 Å². The van der Waals surface area contributed by atoms with Crippen LogP contribution in [0.5, 0.6) is 0 Å². The number of aromatic nitrogens is 1. The summed E-state index contributed by atoms with van der Waals surface area (Å²) in [4.78, 5) is 42.9. The lowest BCUT2D eigenvalue weighted by Gasteiger charge is -2.37. The third-order valence-corrected chi connectivity index (χ3v) is 5.70. The maximum atomic E-state index is 13.5. The molecule has 0 spiro atoms. The number of Topliss-reactive ketones (excluding diaryl/α,β-unsaturated/α-hetero) is 1. The van der Waals surface area contributed by atoms with E-state index in [1.165, 1.54) is 24.3 Å². The lowest BCUT2D eigenvalue weighted by Crippen LogP contribution is -2.48. The molecule has 1 fully saturated rings. The second kappa shape index (κ2) is 8.30. The number of ketones is 1. The number of hydrogen-bond donors (Lipinski definition) is 0. The average Bonchev–Trinajstić information content (AvgIpc) is 2.88. The molecule has 4 rings (SSSR count). The molecule has 2 aliphatic rings. The Hall–Kier alpha value is -3.16. The predicted molar refractivity (Wildman–Crippen MR) is 102 cm³/mol. The smallest absolute Gasteiger partial charge is 0.311 e. The first-order valence-electron chi connectivity index (χ1n) is 9.83. The van der Waals surface area contributed by atoms with E-state index in [-0.39, 0.29) is 30.0 Å². The molecular formula is C22H20F2N2O4. The number of esters is 1. The van der Waals surface area contributed by atoms with Gasteiger partial charge in [-0.15, -0.1) is 0 Å². The second-order valence-corrected chi connectivity index (χ2v) is 7.62. The van der Waals surface area contributed by atoms with Gasteiger partial charge in [-0.1, -0.05) is 0 Å². The summed E-state index contributed by atoms with van der Waals surface area (Å²) >= 11 is 0. The summed E-state index contributed by atoms with van der Waals surface area (Å²) in [5.41, 5.74) is 1.16. The number of halogens is 2. The molecular weight excluding hydrogens is 394 g/mol. The van der Waals surface area contributed by atoms with Gasteiger partial charge in [-0.3, -0.25) is 14.4 Å². The first kappa shape index (κ1) is 20.1. The molecule has 0 bridgehead atoms. The Morgan fingerprint density at radius 2 is 1.90 bits per heavy atom. The Kier molecular flexibility index (Phi) is 5.57. The van der Waals surface area contributed by atoms with Crippen LogP contribution >= 0.6 is 0 Å². The summed E-state index contributed by atoms with van der Waals surface area (Å²) in [6.45, 7) is -0.296. The number of nitrogens with zero attached hydrogens (tertiary/aromatic N) is 2. The van der Waals surface area contributed by atoms with E-state index in [1.807, 2.05) is 0 Å². The Bertz CT molecular complexity index is 993. The molecule has 0 radical (unpaired) electrons. The number of fused-ring (bicyclic) bond motifs is 2. The lowest BCUT2D eigenvalue weighted by molar-refractivity contribution is -0.149. The van der Waals surface area contributed by atoms with Crippen molar-refractivity contribution in [2.75, 3.05) is 13.2 Å². The molecule has 156 valence electrons. The molecule has 2 aromatic rings. The number of benzene rings is 1. The van der Waals surface area contributed by atoms with Gasteiger partial charge < -0.3 is 9.64 Å². The molecule has 6 nitrogen and oxygen atoms in total. The van der Waals surface area contributed by atoms with Crippen LogP contribution in [0.4, 0.5) is 8.78 Å². The van der Waals surface area contributed by atoms with Gasteiger partial charge in [-0.05, 0) is 61.6 Å². The quantitative estimate of drug-likeness (QED) is 0.568. The zero-order chi connectivity index (χ0) is 21.3. The van der Waals surface area contributed by atoms with Crippen molar-refractivity contribution in [1.29, 1.82) is 0 Å². The van der Waals surface area contributed by atoms with Crippen molar-refractivity contribution in [3.05, 3.63) is 65.0 Å². The molecule has 8 heteroatoms. The number of amides is 1. The van der Waals surface area contributed by atoms with Gasteiger partial charge in [0.2, 0.25) is 5.78 Å². The monoisotopic (exact) mass is 414 g/mol. The summed E-state index contributed by atoms with van der Waals surface area (Å²) < 4.78 is 31.6. The lowest BCUT2D eigenvalue weighted by atomic mass is 9.91. The highest BCUT2D eigenvalue weighted by molar-refractivity contribution is 5.97. The van der Waals surface area contributed by atoms with Gasteiger partial charge in [-0.2, -0.15) is 0 Å². The van der Waals surface area contributed by atoms with E-state index >= 15 is 0 Å². The van der Waals surface area contributed by atoms with Gasteiger partial charge in [0.05, 0.1) is 12.1 Å². The van der Waals surface area contributed by atoms with Crippen LogP contribution in [-0.2, 0) is 16.0 Å². The highest BCUT2D eigenvalue weighted by atomic mass is 19.1. The van der Waals surface area contributed by atoms with E-state index in [4.69, 9.17) is 4.74 Å². The van der Waals surface area contributed by atoms with Gasteiger partial charge in [0.25, 0.3) is 5.91 Å². The van der Waals surface area contributed by atoms with Gasteiger partial charge >= 0.3 is 5.97 Å². The number of ether oxygens (including phenoxy) is 1. The Morgan fingerprint density at radius 3 is 2.67 bits per heavy atom. The fourth-order valence-electron chi connectivity index (χ4n) is 4.09. The molecule has 1 saturated heterocycles. The van der Waals surface area contributed by atoms with Crippen LogP contribution in [0.3, 0.4) is 0 Å². The van der Waals surface area contributed by atoms with Crippen molar-refractivity contribution in [2.24, 2.45) is 5.92 Å². The first-order valence-corrected chi connectivity index (χ1v) is 9.83. The Morgan fingerprint density at radius 1 is 1.10 bits per heavy atom. The molecule has 3 heterocycles. The Labute approximate surface area is 171 Å². The van der Waals surface area contributed by atoms with Crippen LogP contribution < -0.4 is 0 Å². The number of rotatable bonds is 4. The maximum absolute atomic E-state index is 13.5. The largest absolute Gasteiger partial charge is 0.457 e. The van der Waals surface area contributed by atoms with Crippen molar-refractivity contribution in [1.82, 2.24) is 9.88 Å². The SMILES string of the molecule is O=C(COC(=O)C1CCC2CCc3cc(F)ccc3C(=O)N2C1)c1ccc(F)cn1. The average molecular weight is 414 g/mol. The van der Waals surface area contributed by atoms with E-state index in [9.17, 15) is 23.2 Å². The van der Waals surface area contributed by atoms with Crippen LogP contribution in [0, 0.1) is 17.6 Å². The van der Waals surface area contributed by atoms with Crippen molar-refractivity contribution < 1.29 is 27.9 Å². The fourth-order valence-corrected chi connectivity index (χ4v) is 4.09. The third kappa shape index (κ3) is 4.08. The molecule has 0 N–H and O–H groups in total. The van der Waals surface area contributed by atoms with Crippen molar-refractivity contribution in [3.8, 4) is 0 Å². The molecule has 1 aromatic carbocycles. The summed E-state index contributed by atoms with van der Waals surface area (Å²) in [5.74, 6) is -2.77. The Balaban J connectivity index is 1.40. The van der Waals surface area contributed by atoms with Crippen LogP contribution in [0.2, 0.25) is 0 Å². The maximum Gasteiger partial charge on any atom is 0.311 e. The number of pyridine rings is 1. The molecule has 2 atom stereocenters. The molecule has 0 aliphatic carbocycles. The highest BCUT2D eigenvalue weighted by Crippen LogP contribution is 2.31. The topological polar surface area (TPSA) is 76.6 Å². The molecule has 0 saturated carbocycles. The highest BCUT2D eigenvalue weighted by Gasteiger charge is 2.38.